The van der Waals surface area contributed by atoms with E-state index >= 15 is 0 Å². The number of halogens is 1. The van der Waals surface area contributed by atoms with Crippen molar-refractivity contribution in [2.24, 2.45) is 11.7 Å². The summed E-state index contributed by atoms with van der Waals surface area (Å²) in [6.45, 7) is 8.33. The topological polar surface area (TPSA) is 29.3 Å². The van der Waals surface area contributed by atoms with E-state index in [0.29, 0.717) is 12.5 Å². The van der Waals surface area contributed by atoms with Gasteiger partial charge < -0.3 is 5.73 Å². The van der Waals surface area contributed by atoms with Crippen molar-refractivity contribution < 1.29 is 0 Å². The van der Waals surface area contributed by atoms with E-state index < -0.39 is 0 Å². The standard InChI is InChI=1S/C12H21BrN2S/c1-9(2)12(3,8-14)15(4)6-10-5-11(13)16-7-10/h5,7,9H,6,8,14H2,1-4H3. The highest BCUT2D eigenvalue weighted by atomic mass is 79.9. The first-order valence-electron chi connectivity index (χ1n) is 5.54. The van der Waals surface area contributed by atoms with Crippen molar-refractivity contribution in [2.45, 2.75) is 32.9 Å². The van der Waals surface area contributed by atoms with E-state index in [1.165, 1.54) is 9.35 Å². The molecule has 92 valence electrons. The van der Waals surface area contributed by atoms with Gasteiger partial charge >= 0.3 is 0 Å². The summed E-state index contributed by atoms with van der Waals surface area (Å²) in [6, 6.07) is 2.18. The van der Waals surface area contributed by atoms with Crippen molar-refractivity contribution in [1.29, 1.82) is 0 Å². The molecule has 1 rings (SSSR count). The van der Waals surface area contributed by atoms with E-state index in [1.807, 2.05) is 0 Å². The molecule has 1 aromatic rings. The van der Waals surface area contributed by atoms with Gasteiger partial charge in [-0.1, -0.05) is 13.8 Å². The average molecular weight is 305 g/mol. The maximum Gasteiger partial charge on any atom is 0.0701 e. The summed E-state index contributed by atoms with van der Waals surface area (Å²) in [7, 11) is 2.15. The Kier molecular flexibility index (Phi) is 4.98. The summed E-state index contributed by atoms with van der Waals surface area (Å²) >= 11 is 5.23. The van der Waals surface area contributed by atoms with E-state index in [9.17, 15) is 0 Å². The Hall–Kier alpha value is 0.100. The van der Waals surface area contributed by atoms with Crippen LogP contribution in [0.2, 0.25) is 0 Å². The average Bonchev–Trinajstić information content (AvgIpc) is 2.62. The summed E-state index contributed by atoms with van der Waals surface area (Å²) in [4.78, 5) is 2.35. The van der Waals surface area contributed by atoms with Crippen molar-refractivity contribution in [3.63, 3.8) is 0 Å². The van der Waals surface area contributed by atoms with E-state index in [-0.39, 0.29) is 5.54 Å². The molecule has 1 aromatic heterocycles. The second-order valence-electron chi connectivity index (χ2n) is 4.83. The Balaban J connectivity index is 2.73. The van der Waals surface area contributed by atoms with Crippen LogP contribution < -0.4 is 5.73 Å². The van der Waals surface area contributed by atoms with Gasteiger partial charge in [0.05, 0.1) is 3.79 Å². The number of likely N-dealkylation sites (N-methyl/N-ethyl adjacent to an activating group) is 1. The first-order valence-corrected chi connectivity index (χ1v) is 7.21. The zero-order valence-corrected chi connectivity index (χ0v) is 12.9. The molecule has 0 amide bonds. The Morgan fingerprint density at radius 3 is 2.56 bits per heavy atom. The molecule has 2 nitrogen and oxygen atoms in total. The number of thiophene rings is 1. The Morgan fingerprint density at radius 1 is 1.56 bits per heavy atom. The third-order valence-electron chi connectivity index (χ3n) is 3.57. The van der Waals surface area contributed by atoms with Crippen LogP contribution in [0.3, 0.4) is 0 Å². The van der Waals surface area contributed by atoms with Crippen LogP contribution >= 0.6 is 27.3 Å². The van der Waals surface area contributed by atoms with Gasteiger partial charge in [-0.2, -0.15) is 0 Å². The predicted octanol–water partition coefficient (Wildman–Crippen LogP) is 3.32. The van der Waals surface area contributed by atoms with Crippen LogP contribution in [0.4, 0.5) is 0 Å². The zero-order valence-electron chi connectivity index (χ0n) is 10.5. The molecular formula is C12H21BrN2S. The normalized spacial score (nSPS) is 15.8. The van der Waals surface area contributed by atoms with Gasteiger partial charge in [-0.15, -0.1) is 11.3 Å². The highest BCUT2D eigenvalue weighted by molar-refractivity contribution is 9.11. The Labute approximate surface area is 111 Å². The third kappa shape index (κ3) is 3.06. The molecule has 2 N–H and O–H groups in total. The van der Waals surface area contributed by atoms with E-state index in [1.54, 1.807) is 11.3 Å². The monoisotopic (exact) mass is 304 g/mol. The predicted molar refractivity (Wildman–Crippen MR) is 75.8 cm³/mol. The van der Waals surface area contributed by atoms with Gasteiger partial charge in [-0.3, -0.25) is 4.90 Å². The maximum absolute atomic E-state index is 5.92. The second-order valence-corrected chi connectivity index (χ2v) is 7.12. The molecule has 1 heterocycles. The Morgan fingerprint density at radius 2 is 2.19 bits per heavy atom. The molecule has 0 bridgehead atoms. The highest BCUT2D eigenvalue weighted by Crippen LogP contribution is 2.27. The first kappa shape index (κ1) is 14.2. The first-order chi connectivity index (χ1) is 7.40. The van der Waals surface area contributed by atoms with Gasteiger partial charge in [-0.25, -0.2) is 0 Å². The zero-order chi connectivity index (χ0) is 12.3. The van der Waals surface area contributed by atoms with Crippen molar-refractivity contribution in [3.8, 4) is 0 Å². The van der Waals surface area contributed by atoms with E-state index in [0.717, 1.165) is 6.54 Å². The minimum Gasteiger partial charge on any atom is -0.329 e. The van der Waals surface area contributed by atoms with Crippen LogP contribution in [0.25, 0.3) is 0 Å². The summed E-state index contributed by atoms with van der Waals surface area (Å²) in [5.74, 6) is 0.546. The molecular weight excluding hydrogens is 284 g/mol. The minimum atomic E-state index is 0.0639. The number of nitrogens with two attached hydrogens (primary N) is 1. The largest absolute Gasteiger partial charge is 0.329 e. The molecule has 0 aliphatic rings. The molecule has 0 aliphatic carbocycles. The lowest BCUT2D eigenvalue weighted by molar-refractivity contribution is 0.0879. The number of nitrogens with zero attached hydrogens (tertiary/aromatic N) is 1. The molecule has 0 aliphatic heterocycles. The summed E-state index contributed by atoms with van der Waals surface area (Å²) in [6.07, 6.45) is 0. The molecule has 0 aromatic carbocycles. The summed E-state index contributed by atoms with van der Waals surface area (Å²) in [5, 5.41) is 2.19. The molecule has 0 saturated heterocycles. The lowest BCUT2D eigenvalue weighted by Gasteiger charge is -2.41. The van der Waals surface area contributed by atoms with Crippen LogP contribution in [-0.2, 0) is 6.54 Å². The van der Waals surface area contributed by atoms with Crippen LogP contribution in [0.1, 0.15) is 26.3 Å². The van der Waals surface area contributed by atoms with Gasteiger partial charge in [0.2, 0.25) is 0 Å². The van der Waals surface area contributed by atoms with Gasteiger partial charge in [0.15, 0.2) is 0 Å². The van der Waals surface area contributed by atoms with Crippen molar-refractivity contribution in [2.75, 3.05) is 13.6 Å². The second kappa shape index (κ2) is 5.63. The summed E-state index contributed by atoms with van der Waals surface area (Å²) < 4.78 is 1.19. The van der Waals surface area contributed by atoms with Crippen LogP contribution in [0.5, 0.6) is 0 Å². The number of hydrogen-bond donors (Lipinski definition) is 1. The molecule has 4 heteroatoms. The molecule has 16 heavy (non-hydrogen) atoms. The number of rotatable bonds is 5. The van der Waals surface area contributed by atoms with E-state index in [4.69, 9.17) is 5.73 Å². The molecule has 1 unspecified atom stereocenters. The van der Waals surface area contributed by atoms with Gasteiger partial charge in [0.25, 0.3) is 0 Å². The highest BCUT2D eigenvalue weighted by Gasteiger charge is 2.31. The fourth-order valence-electron chi connectivity index (χ4n) is 1.72. The lowest BCUT2D eigenvalue weighted by atomic mass is 9.87. The Bertz CT molecular complexity index is 338. The minimum absolute atomic E-state index is 0.0639. The fourth-order valence-corrected chi connectivity index (χ4v) is 2.92. The molecule has 0 radical (unpaired) electrons. The lowest BCUT2D eigenvalue weighted by Crippen LogP contribution is -2.53. The smallest absolute Gasteiger partial charge is 0.0701 e. The number of hydrogen-bond acceptors (Lipinski definition) is 3. The van der Waals surface area contributed by atoms with E-state index in [2.05, 4.69) is 60.1 Å². The molecule has 0 spiro atoms. The van der Waals surface area contributed by atoms with Crippen molar-refractivity contribution in [1.82, 2.24) is 4.90 Å². The van der Waals surface area contributed by atoms with Crippen LogP contribution in [-0.4, -0.2) is 24.0 Å². The summed E-state index contributed by atoms with van der Waals surface area (Å²) in [5.41, 5.74) is 7.33. The molecule has 1 atom stereocenters. The van der Waals surface area contributed by atoms with Crippen LogP contribution in [0, 0.1) is 5.92 Å². The van der Waals surface area contributed by atoms with Crippen LogP contribution in [0.15, 0.2) is 15.2 Å². The SMILES string of the molecule is CC(C)C(C)(CN)N(C)Cc1csc(Br)c1. The van der Waals surface area contributed by atoms with Gasteiger partial charge in [0.1, 0.15) is 0 Å². The maximum atomic E-state index is 5.92. The quantitative estimate of drug-likeness (QED) is 0.904. The molecule has 0 saturated carbocycles. The molecule has 0 fully saturated rings. The van der Waals surface area contributed by atoms with Gasteiger partial charge in [-0.05, 0) is 52.8 Å². The van der Waals surface area contributed by atoms with Crippen molar-refractivity contribution in [3.05, 3.63) is 20.8 Å². The van der Waals surface area contributed by atoms with Crippen molar-refractivity contribution >= 4 is 27.3 Å². The van der Waals surface area contributed by atoms with Gasteiger partial charge in [0, 0.05) is 18.6 Å². The third-order valence-corrected chi connectivity index (χ3v) is 5.12. The fraction of sp³-hybridized carbons (Fsp3) is 0.667.